The zero-order chi connectivity index (χ0) is 11.5. The Morgan fingerprint density at radius 2 is 2.38 bits per heavy atom. The Balaban J connectivity index is 2.06. The fraction of sp³-hybridized carbons (Fsp3) is 0.417. The van der Waals surface area contributed by atoms with Crippen molar-refractivity contribution in [2.75, 3.05) is 6.54 Å². The summed E-state index contributed by atoms with van der Waals surface area (Å²) < 4.78 is 13.0. The Hall–Kier alpha value is -1.42. The first-order chi connectivity index (χ1) is 7.66. The van der Waals surface area contributed by atoms with Crippen molar-refractivity contribution in [1.82, 2.24) is 4.90 Å². The van der Waals surface area contributed by atoms with Crippen molar-refractivity contribution >= 4 is 5.97 Å². The van der Waals surface area contributed by atoms with E-state index in [1.807, 2.05) is 11.0 Å². The first-order valence-corrected chi connectivity index (χ1v) is 5.38. The number of halogens is 1. The Kier molecular flexibility index (Phi) is 3.19. The van der Waals surface area contributed by atoms with Crippen LogP contribution in [0.15, 0.2) is 24.3 Å². The van der Waals surface area contributed by atoms with Crippen molar-refractivity contribution in [1.29, 1.82) is 0 Å². The van der Waals surface area contributed by atoms with Gasteiger partial charge in [-0.05, 0) is 37.1 Å². The molecule has 0 amide bonds. The van der Waals surface area contributed by atoms with Gasteiger partial charge in [0.15, 0.2) is 0 Å². The summed E-state index contributed by atoms with van der Waals surface area (Å²) in [6.07, 6.45) is 1.58. The number of likely N-dealkylation sites (tertiary alicyclic amines) is 1. The minimum absolute atomic E-state index is 0.274. The highest BCUT2D eigenvalue weighted by atomic mass is 19.1. The summed E-state index contributed by atoms with van der Waals surface area (Å²) in [6.45, 7) is 1.28. The molecule has 1 heterocycles. The molecule has 1 fully saturated rings. The molecule has 0 aromatic heterocycles. The Labute approximate surface area is 93.5 Å². The van der Waals surface area contributed by atoms with Crippen LogP contribution >= 0.6 is 0 Å². The van der Waals surface area contributed by atoms with Crippen LogP contribution in [0, 0.1) is 5.82 Å². The number of carbonyl (C=O) groups is 1. The lowest BCUT2D eigenvalue weighted by Crippen LogP contribution is -2.35. The van der Waals surface area contributed by atoms with E-state index in [4.69, 9.17) is 5.11 Å². The summed E-state index contributed by atoms with van der Waals surface area (Å²) in [5.74, 6) is -1.06. The molecule has 4 heteroatoms. The van der Waals surface area contributed by atoms with Crippen molar-refractivity contribution in [3.05, 3.63) is 35.6 Å². The number of aliphatic carboxylic acids is 1. The van der Waals surface area contributed by atoms with Gasteiger partial charge in [0.05, 0.1) is 0 Å². The second-order valence-corrected chi connectivity index (χ2v) is 4.10. The van der Waals surface area contributed by atoms with Crippen LogP contribution in [0.1, 0.15) is 18.4 Å². The average molecular weight is 223 g/mol. The van der Waals surface area contributed by atoms with Gasteiger partial charge in [0.2, 0.25) is 0 Å². The minimum Gasteiger partial charge on any atom is -0.480 e. The lowest BCUT2D eigenvalue weighted by Gasteiger charge is -2.20. The number of rotatable bonds is 3. The smallest absolute Gasteiger partial charge is 0.320 e. The molecule has 0 saturated carbocycles. The van der Waals surface area contributed by atoms with E-state index in [1.165, 1.54) is 12.1 Å². The number of nitrogens with zero attached hydrogens (tertiary/aromatic N) is 1. The van der Waals surface area contributed by atoms with Crippen LogP contribution in [0.4, 0.5) is 4.39 Å². The highest BCUT2D eigenvalue weighted by Crippen LogP contribution is 2.20. The molecule has 0 aliphatic carbocycles. The zero-order valence-electron chi connectivity index (χ0n) is 8.90. The summed E-state index contributed by atoms with van der Waals surface area (Å²) in [4.78, 5) is 12.8. The molecule has 1 aliphatic rings. The van der Waals surface area contributed by atoms with Crippen molar-refractivity contribution in [2.45, 2.75) is 25.4 Å². The zero-order valence-corrected chi connectivity index (χ0v) is 8.90. The summed E-state index contributed by atoms with van der Waals surface area (Å²) in [5.41, 5.74) is 0.827. The van der Waals surface area contributed by atoms with Gasteiger partial charge < -0.3 is 5.11 Å². The van der Waals surface area contributed by atoms with Crippen LogP contribution in [0.5, 0.6) is 0 Å². The third-order valence-electron chi connectivity index (χ3n) is 2.92. The largest absolute Gasteiger partial charge is 0.480 e. The maximum atomic E-state index is 13.0. The van der Waals surface area contributed by atoms with E-state index in [1.54, 1.807) is 6.07 Å². The molecular weight excluding hydrogens is 209 g/mol. The lowest BCUT2D eigenvalue weighted by molar-refractivity contribution is -0.142. The quantitative estimate of drug-likeness (QED) is 0.850. The fourth-order valence-electron chi connectivity index (χ4n) is 2.16. The SMILES string of the molecule is O=C(O)C1CCCN1Cc1cccc(F)c1. The van der Waals surface area contributed by atoms with E-state index in [0.717, 1.165) is 18.5 Å². The molecule has 1 unspecified atom stereocenters. The molecule has 1 saturated heterocycles. The number of benzene rings is 1. The third kappa shape index (κ3) is 2.39. The van der Waals surface area contributed by atoms with E-state index in [-0.39, 0.29) is 5.82 Å². The third-order valence-corrected chi connectivity index (χ3v) is 2.92. The predicted octanol–water partition coefficient (Wildman–Crippen LogP) is 1.87. The van der Waals surface area contributed by atoms with E-state index in [9.17, 15) is 9.18 Å². The number of hydrogen-bond acceptors (Lipinski definition) is 2. The van der Waals surface area contributed by atoms with Gasteiger partial charge >= 0.3 is 5.97 Å². The van der Waals surface area contributed by atoms with Crippen molar-refractivity contribution < 1.29 is 14.3 Å². The first-order valence-electron chi connectivity index (χ1n) is 5.38. The van der Waals surface area contributed by atoms with Gasteiger partial charge in [-0.3, -0.25) is 9.69 Å². The van der Waals surface area contributed by atoms with Gasteiger partial charge in [-0.25, -0.2) is 4.39 Å². The van der Waals surface area contributed by atoms with E-state index < -0.39 is 12.0 Å². The molecule has 1 N–H and O–H groups in total. The normalized spacial score (nSPS) is 21.2. The van der Waals surface area contributed by atoms with Crippen molar-refractivity contribution in [3.8, 4) is 0 Å². The number of carboxylic acids is 1. The number of carboxylic acid groups (broad SMARTS) is 1. The molecule has 0 radical (unpaired) electrons. The lowest BCUT2D eigenvalue weighted by atomic mass is 10.2. The molecule has 1 aliphatic heterocycles. The van der Waals surface area contributed by atoms with Crippen LogP contribution in [-0.4, -0.2) is 28.6 Å². The summed E-state index contributed by atoms with van der Waals surface area (Å²) in [6, 6.07) is 5.90. The van der Waals surface area contributed by atoms with Crippen LogP contribution in [0.2, 0.25) is 0 Å². The van der Waals surface area contributed by atoms with Crippen molar-refractivity contribution in [2.24, 2.45) is 0 Å². The molecule has 86 valence electrons. The first kappa shape index (κ1) is 11.1. The maximum absolute atomic E-state index is 13.0. The molecule has 0 spiro atoms. The Bertz CT molecular complexity index is 394. The second-order valence-electron chi connectivity index (χ2n) is 4.10. The standard InChI is InChI=1S/C12H14FNO2/c13-10-4-1-3-9(7-10)8-14-6-2-5-11(14)12(15)16/h1,3-4,7,11H,2,5-6,8H2,(H,15,16). The van der Waals surface area contributed by atoms with E-state index in [2.05, 4.69) is 0 Å². The summed E-state index contributed by atoms with van der Waals surface area (Å²) in [7, 11) is 0. The van der Waals surface area contributed by atoms with Crippen LogP contribution < -0.4 is 0 Å². The highest BCUT2D eigenvalue weighted by molar-refractivity contribution is 5.73. The molecular formula is C12H14FNO2. The van der Waals surface area contributed by atoms with Crippen LogP contribution in [0.25, 0.3) is 0 Å². The molecule has 16 heavy (non-hydrogen) atoms. The predicted molar refractivity (Wildman–Crippen MR) is 57.5 cm³/mol. The average Bonchev–Trinajstić information content (AvgIpc) is 2.66. The Morgan fingerprint density at radius 3 is 3.06 bits per heavy atom. The second kappa shape index (κ2) is 4.61. The van der Waals surface area contributed by atoms with Crippen LogP contribution in [0.3, 0.4) is 0 Å². The van der Waals surface area contributed by atoms with Crippen molar-refractivity contribution in [3.63, 3.8) is 0 Å². The molecule has 1 atom stereocenters. The van der Waals surface area contributed by atoms with E-state index in [0.29, 0.717) is 13.0 Å². The van der Waals surface area contributed by atoms with E-state index >= 15 is 0 Å². The summed E-state index contributed by atoms with van der Waals surface area (Å²) in [5, 5.41) is 9.00. The van der Waals surface area contributed by atoms with Gasteiger partial charge in [0.25, 0.3) is 0 Å². The molecule has 2 rings (SSSR count). The molecule has 3 nitrogen and oxygen atoms in total. The van der Waals surface area contributed by atoms with Gasteiger partial charge in [-0.15, -0.1) is 0 Å². The van der Waals surface area contributed by atoms with Gasteiger partial charge in [-0.1, -0.05) is 12.1 Å². The van der Waals surface area contributed by atoms with Crippen LogP contribution in [-0.2, 0) is 11.3 Å². The summed E-state index contributed by atoms with van der Waals surface area (Å²) >= 11 is 0. The molecule has 1 aromatic rings. The van der Waals surface area contributed by atoms with Gasteiger partial charge in [0, 0.05) is 6.54 Å². The highest BCUT2D eigenvalue weighted by Gasteiger charge is 2.30. The Morgan fingerprint density at radius 1 is 1.56 bits per heavy atom. The maximum Gasteiger partial charge on any atom is 0.320 e. The van der Waals surface area contributed by atoms with Gasteiger partial charge in [-0.2, -0.15) is 0 Å². The van der Waals surface area contributed by atoms with Gasteiger partial charge in [0.1, 0.15) is 11.9 Å². The molecule has 0 bridgehead atoms. The fourth-order valence-corrected chi connectivity index (χ4v) is 2.16. The minimum atomic E-state index is -0.783. The molecule has 1 aromatic carbocycles. The monoisotopic (exact) mass is 223 g/mol. The topological polar surface area (TPSA) is 40.5 Å². The number of hydrogen-bond donors (Lipinski definition) is 1.